The Kier molecular flexibility index (Phi) is 5.61. The molecule has 140 valence electrons. The van der Waals surface area contributed by atoms with Gasteiger partial charge in [0.1, 0.15) is 5.88 Å². The van der Waals surface area contributed by atoms with Gasteiger partial charge >= 0.3 is 0 Å². The van der Waals surface area contributed by atoms with Crippen LogP contribution in [0.25, 0.3) is 0 Å². The summed E-state index contributed by atoms with van der Waals surface area (Å²) in [5.41, 5.74) is 2.45. The smallest absolute Gasteiger partial charge is 0.270 e. The minimum absolute atomic E-state index is 0.0487. The predicted octanol–water partition coefficient (Wildman–Crippen LogP) is 3.30. The summed E-state index contributed by atoms with van der Waals surface area (Å²) in [7, 11) is 0. The van der Waals surface area contributed by atoms with Gasteiger partial charge in [0.25, 0.3) is 11.6 Å². The van der Waals surface area contributed by atoms with Crippen molar-refractivity contribution in [1.82, 2.24) is 10.4 Å². The highest BCUT2D eigenvalue weighted by molar-refractivity contribution is 6.27. The molecule has 3 rings (SSSR count). The maximum absolute atomic E-state index is 12.0. The highest BCUT2D eigenvalue weighted by Gasteiger charge is 2.47. The van der Waals surface area contributed by atoms with Crippen LogP contribution in [0.3, 0.4) is 0 Å². The van der Waals surface area contributed by atoms with Crippen LogP contribution in [0.5, 0.6) is 0 Å². The molecule has 26 heavy (non-hydrogen) atoms. The molecule has 1 saturated carbocycles. The van der Waals surface area contributed by atoms with Crippen LogP contribution in [-0.2, 0) is 9.63 Å². The normalized spacial score (nSPS) is 19.3. The molecule has 0 saturated heterocycles. The van der Waals surface area contributed by atoms with Gasteiger partial charge in [-0.3, -0.25) is 20.3 Å². The maximum Gasteiger partial charge on any atom is 0.270 e. The third kappa shape index (κ3) is 3.75. The van der Waals surface area contributed by atoms with Crippen molar-refractivity contribution in [2.75, 3.05) is 5.88 Å². The molecule has 1 spiro atoms. The van der Waals surface area contributed by atoms with Crippen molar-refractivity contribution in [3.05, 3.63) is 39.9 Å². The van der Waals surface area contributed by atoms with Crippen molar-refractivity contribution in [3.8, 4) is 0 Å². The van der Waals surface area contributed by atoms with Crippen molar-refractivity contribution < 1.29 is 14.6 Å². The van der Waals surface area contributed by atoms with Crippen LogP contribution in [-0.4, -0.2) is 33.3 Å². The molecule has 1 N–H and O–H groups in total. The molecule has 1 aromatic carbocycles. The van der Waals surface area contributed by atoms with Crippen LogP contribution in [0.15, 0.2) is 29.4 Å². The fourth-order valence-corrected chi connectivity index (χ4v) is 3.49. The number of nitrogens with zero attached hydrogens (tertiary/aromatic N) is 3. The number of nitro groups is 1. The molecule has 1 fully saturated rings. The lowest BCUT2D eigenvalue weighted by Gasteiger charge is -2.38. The number of alkyl halides is 1. The molecule has 8 nitrogen and oxygen atoms in total. The molecule has 2 aliphatic rings. The van der Waals surface area contributed by atoms with Gasteiger partial charge in [0.05, 0.1) is 4.92 Å². The van der Waals surface area contributed by atoms with E-state index in [0.29, 0.717) is 24.2 Å². The van der Waals surface area contributed by atoms with Crippen LogP contribution >= 0.6 is 11.6 Å². The second-order valence-electron chi connectivity index (χ2n) is 6.53. The van der Waals surface area contributed by atoms with E-state index < -0.39 is 10.6 Å². The minimum atomic E-state index is -0.776. The average Bonchev–Trinajstić information content (AvgIpc) is 2.97. The summed E-state index contributed by atoms with van der Waals surface area (Å²) in [6.45, 7) is 0. The predicted molar refractivity (Wildman–Crippen MR) is 96.5 cm³/mol. The number of rotatable bonds is 4. The Morgan fingerprint density at radius 3 is 2.65 bits per heavy atom. The standard InChI is InChI=1S/C17H21ClN4O4/c18-12-15(23)19-21-16(13-7-6-8-14(11-13)22(24)25)20-26-17(21)9-4-2-1-3-5-10-17/h6-8,11H,1-5,9-10,12H2,(H,19,23). The van der Waals surface area contributed by atoms with Gasteiger partial charge in [-0.25, -0.2) is 5.01 Å². The molecular formula is C17H21ClN4O4. The van der Waals surface area contributed by atoms with Gasteiger partial charge in [0, 0.05) is 30.5 Å². The zero-order valence-corrected chi connectivity index (χ0v) is 15.1. The Hall–Kier alpha value is -2.35. The van der Waals surface area contributed by atoms with E-state index in [1.165, 1.54) is 18.6 Å². The lowest BCUT2D eigenvalue weighted by atomic mass is 9.92. The Bertz CT molecular complexity index is 716. The minimum Gasteiger partial charge on any atom is -0.363 e. The molecule has 9 heteroatoms. The first-order valence-electron chi connectivity index (χ1n) is 8.72. The summed E-state index contributed by atoms with van der Waals surface area (Å²) < 4.78 is 0. The number of nitro benzene ring substituents is 1. The van der Waals surface area contributed by atoms with Crippen LogP contribution in [0.1, 0.15) is 50.5 Å². The van der Waals surface area contributed by atoms with Crippen molar-refractivity contribution in [2.24, 2.45) is 5.16 Å². The number of halogens is 1. The van der Waals surface area contributed by atoms with E-state index in [4.69, 9.17) is 16.4 Å². The van der Waals surface area contributed by atoms with E-state index >= 15 is 0 Å². The first kappa shape index (κ1) is 18.4. The number of carbonyl (C=O) groups is 1. The Balaban J connectivity index is 1.94. The first-order chi connectivity index (χ1) is 12.6. The first-order valence-corrected chi connectivity index (χ1v) is 9.26. The highest BCUT2D eigenvalue weighted by atomic mass is 35.5. The van der Waals surface area contributed by atoms with Gasteiger partial charge in [0.2, 0.25) is 5.72 Å². The SMILES string of the molecule is O=C(CCl)NN1C(c2cccc([N+](=O)[O-])c2)=NOC12CCCCCCC2. The largest absolute Gasteiger partial charge is 0.363 e. The molecule has 1 aliphatic heterocycles. The van der Waals surface area contributed by atoms with Crippen molar-refractivity contribution in [1.29, 1.82) is 0 Å². The van der Waals surface area contributed by atoms with E-state index in [1.807, 2.05) is 0 Å². The summed E-state index contributed by atoms with van der Waals surface area (Å²) in [6, 6.07) is 6.12. The summed E-state index contributed by atoms with van der Waals surface area (Å²) in [5.74, 6) is -0.223. The van der Waals surface area contributed by atoms with Crippen molar-refractivity contribution in [3.63, 3.8) is 0 Å². The zero-order valence-electron chi connectivity index (χ0n) is 14.3. The summed E-state index contributed by atoms with van der Waals surface area (Å²) in [5, 5.41) is 16.9. The van der Waals surface area contributed by atoms with Gasteiger partial charge in [0.15, 0.2) is 5.84 Å². The average molecular weight is 381 g/mol. The van der Waals surface area contributed by atoms with Gasteiger partial charge in [-0.1, -0.05) is 36.6 Å². The summed E-state index contributed by atoms with van der Waals surface area (Å²) in [6.07, 6.45) is 6.68. The van der Waals surface area contributed by atoms with Gasteiger partial charge in [-0.05, 0) is 12.8 Å². The number of hydrogen-bond acceptors (Lipinski definition) is 6. The monoisotopic (exact) mass is 380 g/mol. The van der Waals surface area contributed by atoms with Crippen LogP contribution in [0.2, 0.25) is 0 Å². The third-order valence-corrected chi connectivity index (χ3v) is 4.97. The molecular weight excluding hydrogens is 360 g/mol. The topological polar surface area (TPSA) is 97.1 Å². The number of amides is 1. The number of carbonyl (C=O) groups excluding carboxylic acids is 1. The fourth-order valence-electron chi connectivity index (χ4n) is 3.43. The van der Waals surface area contributed by atoms with Gasteiger partial charge in [-0.15, -0.1) is 11.6 Å². The number of amidine groups is 1. The second-order valence-corrected chi connectivity index (χ2v) is 6.80. The van der Waals surface area contributed by atoms with Crippen LogP contribution in [0, 0.1) is 10.1 Å². The summed E-state index contributed by atoms with van der Waals surface area (Å²) in [4.78, 5) is 28.4. The Labute approximate surface area is 156 Å². The quantitative estimate of drug-likeness (QED) is 0.491. The maximum atomic E-state index is 12.0. The lowest BCUT2D eigenvalue weighted by Crippen LogP contribution is -2.58. The molecule has 1 heterocycles. The number of benzene rings is 1. The molecule has 0 aromatic heterocycles. The van der Waals surface area contributed by atoms with Crippen molar-refractivity contribution in [2.45, 2.75) is 50.7 Å². The van der Waals surface area contributed by atoms with E-state index in [2.05, 4.69) is 10.6 Å². The van der Waals surface area contributed by atoms with E-state index in [-0.39, 0.29) is 17.5 Å². The van der Waals surface area contributed by atoms with E-state index in [0.717, 1.165) is 25.7 Å². The van der Waals surface area contributed by atoms with Gasteiger partial charge in [-0.2, -0.15) is 0 Å². The zero-order chi connectivity index (χ0) is 18.6. The van der Waals surface area contributed by atoms with E-state index in [9.17, 15) is 14.9 Å². The molecule has 0 atom stereocenters. The number of nitrogens with one attached hydrogen (secondary N) is 1. The molecule has 0 radical (unpaired) electrons. The highest BCUT2D eigenvalue weighted by Crippen LogP contribution is 2.37. The molecule has 0 unspecified atom stereocenters. The summed E-state index contributed by atoms with van der Waals surface area (Å²) >= 11 is 5.67. The number of non-ortho nitro benzene ring substituents is 1. The Morgan fingerprint density at radius 1 is 1.31 bits per heavy atom. The molecule has 1 aliphatic carbocycles. The molecule has 0 bridgehead atoms. The Morgan fingerprint density at radius 2 is 2.00 bits per heavy atom. The lowest BCUT2D eigenvalue weighted by molar-refractivity contribution is -0.384. The van der Waals surface area contributed by atoms with Crippen LogP contribution < -0.4 is 5.43 Å². The second kappa shape index (κ2) is 7.90. The molecule has 1 amide bonds. The van der Waals surface area contributed by atoms with Gasteiger partial charge < -0.3 is 4.84 Å². The number of hydrogen-bond donors (Lipinski definition) is 1. The van der Waals surface area contributed by atoms with Crippen LogP contribution in [0.4, 0.5) is 5.69 Å². The van der Waals surface area contributed by atoms with Crippen molar-refractivity contribution >= 4 is 29.0 Å². The number of oxime groups is 1. The van der Waals surface area contributed by atoms with E-state index in [1.54, 1.807) is 17.1 Å². The molecule has 1 aromatic rings. The third-order valence-electron chi connectivity index (χ3n) is 4.73. The fraction of sp³-hybridized carbons (Fsp3) is 0.529. The number of hydrazine groups is 1.